The predicted octanol–water partition coefficient (Wildman–Crippen LogP) is 8.07. The molecule has 5 rings (SSSR count). The summed E-state index contributed by atoms with van der Waals surface area (Å²) in [5.41, 5.74) is 1.60. The summed E-state index contributed by atoms with van der Waals surface area (Å²) in [4.78, 5) is 0. The Morgan fingerprint density at radius 3 is 2.13 bits per heavy atom. The Labute approximate surface area is 194 Å². The molecule has 174 valence electrons. The molecular weight excluding hydrogens is 406 g/mol. The molecule has 1 aromatic heterocycles. The predicted molar refractivity (Wildman–Crippen MR) is 132 cm³/mol. The van der Waals surface area contributed by atoms with Gasteiger partial charge in [0, 0.05) is 18.0 Å². The molecule has 2 aromatic rings. The minimum absolute atomic E-state index is 0.170. The van der Waals surface area contributed by atoms with Crippen molar-refractivity contribution in [3.8, 4) is 17.1 Å². The number of phenolic OH excluding ortho intramolecular Hbond substituents is 1. The second-order valence-corrected chi connectivity index (χ2v) is 9.22. The van der Waals surface area contributed by atoms with Crippen molar-refractivity contribution in [1.82, 2.24) is 14.8 Å². The van der Waals surface area contributed by atoms with Crippen molar-refractivity contribution in [2.24, 2.45) is 12.5 Å². The Balaban J connectivity index is 0.000000807. The van der Waals surface area contributed by atoms with E-state index in [0.29, 0.717) is 10.4 Å². The van der Waals surface area contributed by atoms with Crippen LogP contribution in [0.25, 0.3) is 11.4 Å². The van der Waals surface area contributed by atoms with E-state index in [2.05, 4.69) is 28.7 Å². The van der Waals surface area contributed by atoms with E-state index in [1.54, 1.807) is 12.1 Å². The monoisotopic (exact) mass is 447 g/mol. The molecule has 3 aliphatic carbocycles. The second-order valence-electron chi connectivity index (χ2n) is 8.81. The van der Waals surface area contributed by atoms with Gasteiger partial charge in [-0.15, -0.1) is 10.2 Å². The molecule has 0 aliphatic heterocycles. The quantitative estimate of drug-likeness (QED) is 0.455. The van der Waals surface area contributed by atoms with E-state index in [0.717, 1.165) is 17.2 Å². The number of nitrogens with zero attached hydrogens (tertiary/aromatic N) is 3. The third-order valence-corrected chi connectivity index (χ3v) is 7.57. The molecule has 5 heteroatoms. The molecule has 0 spiro atoms. The molecule has 0 saturated heterocycles. The van der Waals surface area contributed by atoms with E-state index in [4.69, 9.17) is 11.6 Å². The summed E-state index contributed by atoms with van der Waals surface area (Å²) in [5.74, 6) is 2.07. The fraction of sp³-hybridized carbons (Fsp3) is 0.692. The molecule has 4 nitrogen and oxygen atoms in total. The van der Waals surface area contributed by atoms with Crippen molar-refractivity contribution < 1.29 is 5.11 Å². The van der Waals surface area contributed by atoms with Gasteiger partial charge in [0.25, 0.3) is 0 Å². The number of aromatic nitrogens is 3. The highest BCUT2D eigenvalue weighted by Crippen LogP contribution is 2.59. The fourth-order valence-electron chi connectivity index (χ4n) is 5.43. The Kier molecular flexibility index (Phi) is 9.42. The molecule has 2 bridgehead atoms. The van der Waals surface area contributed by atoms with E-state index >= 15 is 0 Å². The van der Waals surface area contributed by atoms with E-state index in [1.165, 1.54) is 64.2 Å². The van der Waals surface area contributed by atoms with Crippen molar-refractivity contribution in [1.29, 1.82) is 0 Å². The van der Waals surface area contributed by atoms with Crippen molar-refractivity contribution in [2.45, 2.75) is 104 Å². The van der Waals surface area contributed by atoms with Gasteiger partial charge in [-0.05, 0) is 68.6 Å². The maximum atomic E-state index is 9.62. The molecule has 31 heavy (non-hydrogen) atoms. The number of hydrogen-bond donors (Lipinski definition) is 1. The first-order valence-electron chi connectivity index (χ1n) is 12.4. The minimum atomic E-state index is 0.170. The summed E-state index contributed by atoms with van der Waals surface area (Å²) in [6.45, 7) is 10.3. The largest absolute Gasteiger partial charge is 0.508 e. The average Bonchev–Trinajstić information content (AvgIpc) is 3.20. The van der Waals surface area contributed by atoms with Crippen LogP contribution < -0.4 is 0 Å². The molecule has 1 N–H and O–H groups in total. The van der Waals surface area contributed by atoms with Crippen molar-refractivity contribution in [2.75, 3.05) is 0 Å². The highest BCUT2D eigenvalue weighted by Gasteiger charge is 2.51. The maximum Gasteiger partial charge on any atom is 0.165 e. The van der Waals surface area contributed by atoms with Crippen LogP contribution in [-0.4, -0.2) is 19.9 Å². The third-order valence-electron chi connectivity index (χ3n) is 7.26. The van der Waals surface area contributed by atoms with Crippen LogP contribution in [0.3, 0.4) is 0 Å². The number of halogens is 1. The van der Waals surface area contributed by atoms with Gasteiger partial charge < -0.3 is 9.67 Å². The number of benzene rings is 1. The third kappa shape index (κ3) is 5.27. The van der Waals surface area contributed by atoms with Gasteiger partial charge >= 0.3 is 0 Å². The zero-order valence-corrected chi connectivity index (χ0v) is 21.2. The second kappa shape index (κ2) is 11.4. The fourth-order valence-corrected chi connectivity index (χ4v) is 5.69. The number of hydrogen-bond acceptors (Lipinski definition) is 3. The van der Waals surface area contributed by atoms with Gasteiger partial charge in [-0.2, -0.15) is 0 Å². The number of rotatable bonds is 6. The molecule has 3 fully saturated rings. The van der Waals surface area contributed by atoms with E-state index in [9.17, 15) is 5.11 Å². The highest BCUT2D eigenvalue weighted by molar-refractivity contribution is 6.33. The van der Waals surface area contributed by atoms with Gasteiger partial charge in [0.05, 0.1) is 5.02 Å². The van der Waals surface area contributed by atoms with Crippen LogP contribution in [0.15, 0.2) is 18.2 Å². The van der Waals surface area contributed by atoms with Crippen LogP contribution in [-0.2, 0) is 12.5 Å². The molecule has 0 radical (unpaired) electrons. The van der Waals surface area contributed by atoms with Gasteiger partial charge in [-0.1, -0.05) is 65.5 Å². The van der Waals surface area contributed by atoms with Crippen molar-refractivity contribution >= 4 is 11.6 Å². The number of aromatic hydroxyl groups is 1. The lowest BCUT2D eigenvalue weighted by Crippen LogP contribution is -2.45. The lowest BCUT2D eigenvalue weighted by molar-refractivity contribution is 0.0250. The molecular formula is C26H42ClN3O. The zero-order valence-electron chi connectivity index (χ0n) is 20.5. The topological polar surface area (TPSA) is 50.9 Å². The van der Waals surface area contributed by atoms with E-state index in [1.807, 2.05) is 33.8 Å². The molecule has 0 unspecified atom stereocenters. The summed E-state index contributed by atoms with van der Waals surface area (Å²) >= 11 is 6.35. The van der Waals surface area contributed by atoms with Crippen LogP contribution in [0.5, 0.6) is 5.75 Å². The van der Waals surface area contributed by atoms with Gasteiger partial charge in [-0.25, -0.2) is 0 Å². The molecule has 1 heterocycles. The molecule has 3 aliphatic rings. The summed E-state index contributed by atoms with van der Waals surface area (Å²) < 4.78 is 2.13. The molecule has 1 aromatic carbocycles. The lowest BCUT2D eigenvalue weighted by atomic mass is 9.52. The smallest absolute Gasteiger partial charge is 0.165 e. The Morgan fingerprint density at radius 1 is 0.968 bits per heavy atom. The number of unbranched alkanes of at least 4 members (excludes halogenated alkanes) is 2. The molecule has 0 amide bonds. The summed E-state index contributed by atoms with van der Waals surface area (Å²) in [6, 6.07) is 5.04. The zero-order chi connectivity index (χ0) is 23.1. The van der Waals surface area contributed by atoms with E-state index < -0.39 is 0 Å². The van der Waals surface area contributed by atoms with Crippen molar-refractivity contribution in [3.05, 3.63) is 29.0 Å². The highest BCUT2D eigenvalue weighted by atomic mass is 35.5. The minimum Gasteiger partial charge on any atom is -0.508 e. The van der Waals surface area contributed by atoms with Gasteiger partial charge in [0.1, 0.15) is 11.6 Å². The van der Waals surface area contributed by atoms with Gasteiger partial charge in [-0.3, -0.25) is 0 Å². The maximum absolute atomic E-state index is 9.62. The Bertz CT molecular complexity index is 806. The van der Waals surface area contributed by atoms with Gasteiger partial charge in [0.2, 0.25) is 0 Å². The Hall–Kier alpha value is -1.55. The van der Waals surface area contributed by atoms with Crippen LogP contribution in [0.1, 0.15) is 105 Å². The Morgan fingerprint density at radius 2 is 1.58 bits per heavy atom. The first-order valence-corrected chi connectivity index (χ1v) is 12.8. The number of phenols is 1. The van der Waals surface area contributed by atoms with Crippen LogP contribution in [0.4, 0.5) is 0 Å². The summed E-state index contributed by atoms with van der Waals surface area (Å²) in [6.07, 6.45) is 13.2. The number of fused-ring (bicyclic) bond motifs is 3. The average molecular weight is 448 g/mol. The lowest BCUT2D eigenvalue weighted by Gasteiger charge is -2.53. The first kappa shape index (κ1) is 25.7. The summed E-state index contributed by atoms with van der Waals surface area (Å²) in [7, 11) is 2.06. The molecule has 0 atom stereocenters. The SMILES string of the molecule is CC.CC.CCCCCC12CCC(c3nnc(-c4ccc(O)cc4Cl)n3C)(CC1)CC2. The summed E-state index contributed by atoms with van der Waals surface area (Å²) in [5, 5.41) is 19.3. The van der Waals surface area contributed by atoms with Crippen LogP contribution in [0, 0.1) is 5.41 Å². The van der Waals surface area contributed by atoms with Crippen LogP contribution in [0.2, 0.25) is 5.02 Å². The standard InChI is InChI=1S/C22H30ClN3O.2C2H6/c1-3-4-5-8-21-9-12-22(13-10-21,14-11-21)20-25-24-19(26(20)2)17-7-6-16(27)15-18(17)23;2*1-2/h6-7,15,27H,3-5,8-14H2,1-2H3;2*1-2H3. The molecule has 3 saturated carbocycles. The van der Waals surface area contributed by atoms with Crippen LogP contribution >= 0.6 is 11.6 Å². The van der Waals surface area contributed by atoms with Gasteiger partial charge in [0.15, 0.2) is 5.82 Å². The first-order chi connectivity index (χ1) is 15.0. The van der Waals surface area contributed by atoms with Crippen molar-refractivity contribution in [3.63, 3.8) is 0 Å². The van der Waals surface area contributed by atoms with E-state index in [-0.39, 0.29) is 11.2 Å². The normalized spacial score (nSPS) is 24.1.